The van der Waals surface area contributed by atoms with E-state index in [1.165, 1.54) is 18.5 Å². The molecule has 0 radical (unpaired) electrons. The number of para-hydroxylation sites is 1. The van der Waals surface area contributed by atoms with Crippen molar-refractivity contribution in [3.05, 3.63) is 47.9 Å². The fourth-order valence-corrected chi connectivity index (χ4v) is 1.77. The zero-order valence-corrected chi connectivity index (χ0v) is 12.1. The molecule has 22 heavy (non-hydrogen) atoms. The minimum atomic E-state index is -0.844. The van der Waals surface area contributed by atoms with Gasteiger partial charge >= 0.3 is 0 Å². The molecular weight excluding hydrogens is 290 g/mol. The summed E-state index contributed by atoms with van der Waals surface area (Å²) < 4.78 is 27.0. The number of nitrogens with one attached hydrogen (secondary N) is 2. The van der Waals surface area contributed by atoms with E-state index in [4.69, 9.17) is 0 Å². The molecule has 1 heterocycles. The smallest absolute Gasteiger partial charge is 0.274 e. The van der Waals surface area contributed by atoms with Crippen LogP contribution in [0.2, 0.25) is 0 Å². The van der Waals surface area contributed by atoms with Crippen molar-refractivity contribution in [1.82, 2.24) is 9.97 Å². The van der Waals surface area contributed by atoms with E-state index in [1.54, 1.807) is 0 Å². The molecule has 2 aromatic rings. The molecular formula is C15H16F2N4O. The molecule has 0 saturated carbocycles. The maximum absolute atomic E-state index is 13.5. The zero-order valence-electron chi connectivity index (χ0n) is 12.1. The van der Waals surface area contributed by atoms with E-state index < -0.39 is 23.2 Å². The van der Waals surface area contributed by atoms with Crippen LogP contribution in [-0.4, -0.2) is 22.4 Å². The first-order chi connectivity index (χ1) is 10.6. The van der Waals surface area contributed by atoms with Crippen molar-refractivity contribution in [2.45, 2.75) is 19.8 Å². The van der Waals surface area contributed by atoms with Crippen molar-refractivity contribution in [2.24, 2.45) is 0 Å². The van der Waals surface area contributed by atoms with E-state index >= 15 is 0 Å². The number of amides is 1. The second kappa shape index (κ2) is 7.44. The van der Waals surface area contributed by atoms with Gasteiger partial charge in [0.25, 0.3) is 5.91 Å². The van der Waals surface area contributed by atoms with Crippen LogP contribution in [0.1, 0.15) is 30.3 Å². The Balaban J connectivity index is 2.11. The van der Waals surface area contributed by atoms with Crippen LogP contribution in [0.15, 0.2) is 30.6 Å². The van der Waals surface area contributed by atoms with Gasteiger partial charge < -0.3 is 10.6 Å². The third-order valence-electron chi connectivity index (χ3n) is 2.94. The van der Waals surface area contributed by atoms with Crippen LogP contribution in [0.4, 0.5) is 20.3 Å². The van der Waals surface area contributed by atoms with E-state index in [-0.39, 0.29) is 5.69 Å². The Kier molecular flexibility index (Phi) is 5.35. The lowest BCUT2D eigenvalue weighted by atomic mass is 10.2. The second-order valence-corrected chi connectivity index (χ2v) is 4.62. The Bertz CT molecular complexity index is 643. The minimum absolute atomic E-state index is 0.0247. The Hall–Kier alpha value is -2.57. The van der Waals surface area contributed by atoms with Crippen molar-refractivity contribution in [2.75, 3.05) is 17.2 Å². The Labute approximate surface area is 126 Å². The number of nitrogens with zero attached hydrogens (tertiary/aromatic N) is 2. The summed E-state index contributed by atoms with van der Waals surface area (Å²) >= 11 is 0. The molecule has 0 bridgehead atoms. The standard InChI is InChI=1S/C15H16F2N4O/c1-2-3-7-18-13-8-12(19-9-20-13)15(22)21-14-10(16)5-4-6-11(14)17/h4-6,8-9H,2-3,7H2,1H3,(H,21,22)(H,18,19,20). The second-order valence-electron chi connectivity index (χ2n) is 4.62. The molecule has 0 unspecified atom stereocenters. The first-order valence-electron chi connectivity index (χ1n) is 6.93. The zero-order chi connectivity index (χ0) is 15.9. The molecule has 0 atom stereocenters. The predicted octanol–water partition coefficient (Wildman–Crippen LogP) is 3.22. The first-order valence-corrected chi connectivity index (χ1v) is 6.93. The third-order valence-corrected chi connectivity index (χ3v) is 2.94. The number of carbonyl (C=O) groups is 1. The Morgan fingerprint density at radius 2 is 1.95 bits per heavy atom. The third kappa shape index (κ3) is 3.97. The number of unbranched alkanes of at least 4 members (excludes halogenated alkanes) is 1. The summed E-state index contributed by atoms with van der Waals surface area (Å²) in [6.45, 7) is 2.78. The molecule has 5 nitrogen and oxygen atoms in total. The summed E-state index contributed by atoms with van der Waals surface area (Å²) in [5.74, 6) is -1.90. The van der Waals surface area contributed by atoms with Gasteiger partial charge in [0.15, 0.2) is 0 Å². The van der Waals surface area contributed by atoms with E-state index in [9.17, 15) is 13.6 Å². The number of halogens is 2. The summed E-state index contributed by atoms with van der Waals surface area (Å²) in [5.41, 5.74) is -0.469. The van der Waals surface area contributed by atoms with Crippen molar-refractivity contribution >= 4 is 17.4 Å². The maximum Gasteiger partial charge on any atom is 0.274 e. The molecule has 0 aliphatic heterocycles. The number of anilines is 2. The fourth-order valence-electron chi connectivity index (χ4n) is 1.77. The number of aromatic nitrogens is 2. The van der Waals surface area contributed by atoms with Crippen LogP contribution in [0.5, 0.6) is 0 Å². The molecule has 0 aliphatic carbocycles. The van der Waals surface area contributed by atoms with E-state index in [0.29, 0.717) is 5.82 Å². The molecule has 1 aromatic heterocycles. The predicted molar refractivity (Wildman–Crippen MR) is 79.7 cm³/mol. The highest BCUT2D eigenvalue weighted by molar-refractivity contribution is 6.03. The summed E-state index contributed by atoms with van der Waals surface area (Å²) in [5, 5.41) is 5.23. The molecule has 2 N–H and O–H groups in total. The van der Waals surface area contributed by atoms with Crippen LogP contribution in [0.3, 0.4) is 0 Å². The molecule has 0 aliphatic rings. The van der Waals surface area contributed by atoms with Gasteiger partial charge in [-0.05, 0) is 18.6 Å². The average molecular weight is 306 g/mol. The van der Waals surface area contributed by atoms with Crippen LogP contribution in [-0.2, 0) is 0 Å². The summed E-state index contributed by atoms with van der Waals surface area (Å²) in [4.78, 5) is 19.8. The summed E-state index contributed by atoms with van der Waals surface area (Å²) in [7, 11) is 0. The number of benzene rings is 1. The highest BCUT2D eigenvalue weighted by atomic mass is 19.1. The van der Waals surface area contributed by atoms with Gasteiger partial charge in [0.1, 0.15) is 35.2 Å². The van der Waals surface area contributed by atoms with Crippen LogP contribution in [0.25, 0.3) is 0 Å². The molecule has 7 heteroatoms. The molecule has 2 rings (SSSR count). The first kappa shape index (κ1) is 15.8. The molecule has 116 valence electrons. The van der Waals surface area contributed by atoms with Gasteiger partial charge in [0.05, 0.1) is 0 Å². The fraction of sp³-hybridized carbons (Fsp3) is 0.267. The number of hydrogen-bond acceptors (Lipinski definition) is 4. The molecule has 1 aromatic carbocycles. The highest BCUT2D eigenvalue weighted by Gasteiger charge is 2.14. The molecule has 1 amide bonds. The lowest BCUT2D eigenvalue weighted by Crippen LogP contribution is -2.16. The highest BCUT2D eigenvalue weighted by Crippen LogP contribution is 2.18. The van der Waals surface area contributed by atoms with E-state index in [0.717, 1.165) is 31.5 Å². The SMILES string of the molecule is CCCCNc1cc(C(=O)Nc2c(F)cccc2F)ncn1. The van der Waals surface area contributed by atoms with Gasteiger partial charge in [0.2, 0.25) is 0 Å². The van der Waals surface area contributed by atoms with Gasteiger partial charge in [-0.3, -0.25) is 4.79 Å². The summed E-state index contributed by atoms with van der Waals surface area (Å²) in [6, 6.07) is 4.79. The topological polar surface area (TPSA) is 66.9 Å². The number of rotatable bonds is 6. The number of carbonyl (C=O) groups excluding carboxylic acids is 1. The molecule has 0 saturated heterocycles. The average Bonchev–Trinajstić information content (AvgIpc) is 2.51. The van der Waals surface area contributed by atoms with Crippen molar-refractivity contribution in [3.63, 3.8) is 0 Å². The molecule has 0 fully saturated rings. The van der Waals surface area contributed by atoms with Gasteiger partial charge in [-0.15, -0.1) is 0 Å². The van der Waals surface area contributed by atoms with Crippen molar-refractivity contribution < 1.29 is 13.6 Å². The summed E-state index contributed by atoms with van der Waals surface area (Å²) in [6.07, 6.45) is 3.21. The Morgan fingerprint density at radius 1 is 1.23 bits per heavy atom. The lowest BCUT2D eigenvalue weighted by molar-refractivity contribution is 0.102. The van der Waals surface area contributed by atoms with Gasteiger partial charge in [-0.2, -0.15) is 0 Å². The normalized spacial score (nSPS) is 10.3. The lowest BCUT2D eigenvalue weighted by Gasteiger charge is -2.08. The van der Waals surface area contributed by atoms with Crippen molar-refractivity contribution in [1.29, 1.82) is 0 Å². The largest absolute Gasteiger partial charge is 0.370 e. The maximum atomic E-state index is 13.5. The molecule has 0 spiro atoms. The van der Waals surface area contributed by atoms with Gasteiger partial charge in [0, 0.05) is 12.6 Å². The minimum Gasteiger partial charge on any atom is -0.370 e. The van der Waals surface area contributed by atoms with Gasteiger partial charge in [-0.1, -0.05) is 19.4 Å². The van der Waals surface area contributed by atoms with Crippen molar-refractivity contribution in [3.8, 4) is 0 Å². The van der Waals surface area contributed by atoms with E-state index in [2.05, 4.69) is 27.5 Å². The number of hydrogen-bond donors (Lipinski definition) is 2. The van der Waals surface area contributed by atoms with Crippen LogP contribution in [0, 0.1) is 11.6 Å². The quantitative estimate of drug-likeness (QED) is 0.804. The van der Waals surface area contributed by atoms with Crippen LogP contribution < -0.4 is 10.6 Å². The van der Waals surface area contributed by atoms with Gasteiger partial charge in [-0.25, -0.2) is 18.7 Å². The monoisotopic (exact) mass is 306 g/mol. The Morgan fingerprint density at radius 3 is 2.64 bits per heavy atom. The van der Waals surface area contributed by atoms with Crippen LogP contribution >= 0.6 is 0 Å². The van der Waals surface area contributed by atoms with E-state index in [1.807, 2.05) is 0 Å².